The number of anilines is 1. The summed E-state index contributed by atoms with van der Waals surface area (Å²) in [5, 5.41) is 4.50. The predicted octanol–water partition coefficient (Wildman–Crippen LogP) is 1.56. The Morgan fingerprint density at radius 2 is 2.17 bits per heavy atom. The number of hydrogen-bond acceptors (Lipinski definition) is 5. The van der Waals surface area contributed by atoms with Gasteiger partial charge in [-0.2, -0.15) is 5.10 Å². The van der Waals surface area contributed by atoms with Gasteiger partial charge >= 0.3 is 0 Å². The monoisotopic (exact) mass is 326 g/mol. The van der Waals surface area contributed by atoms with Crippen molar-refractivity contribution in [3.8, 4) is 0 Å². The van der Waals surface area contributed by atoms with Crippen molar-refractivity contribution in [1.82, 2.24) is 24.6 Å². The molecule has 1 unspecified atom stereocenters. The van der Waals surface area contributed by atoms with Gasteiger partial charge in [-0.05, 0) is 19.8 Å². The molecule has 4 heterocycles. The molecule has 2 saturated heterocycles. The zero-order valence-corrected chi connectivity index (χ0v) is 13.9. The molecule has 24 heavy (non-hydrogen) atoms. The second kappa shape index (κ2) is 6.32. The van der Waals surface area contributed by atoms with Crippen LogP contribution in [0.5, 0.6) is 0 Å². The van der Waals surface area contributed by atoms with Gasteiger partial charge in [-0.3, -0.25) is 24.3 Å². The van der Waals surface area contributed by atoms with Crippen LogP contribution in [0.25, 0.3) is 0 Å². The molecule has 0 bridgehead atoms. The highest BCUT2D eigenvalue weighted by Gasteiger charge is 2.27. The first-order valence-electron chi connectivity index (χ1n) is 8.53. The van der Waals surface area contributed by atoms with Gasteiger partial charge in [-0.25, -0.2) is 0 Å². The molecule has 1 amide bonds. The Hall–Kier alpha value is -2.28. The van der Waals surface area contributed by atoms with Gasteiger partial charge in [0.05, 0.1) is 29.3 Å². The molecule has 0 N–H and O–H groups in total. The first-order chi connectivity index (χ1) is 11.7. The van der Waals surface area contributed by atoms with E-state index in [1.165, 1.54) is 0 Å². The van der Waals surface area contributed by atoms with Crippen molar-refractivity contribution in [3.63, 3.8) is 0 Å². The van der Waals surface area contributed by atoms with Gasteiger partial charge in [-0.1, -0.05) is 0 Å². The van der Waals surface area contributed by atoms with Crippen LogP contribution in [0.2, 0.25) is 0 Å². The molecular weight excluding hydrogens is 304 g/mol. The molecule has 7 heteroatoms. The van der Waals surface area contributed by atoms with E-state index in [-0.39, 0.29) is 5.91 Å². The predicted molar refractivity (Wildman–Crippen MR) is 89.5 cm³/mol. The van der Waals surface area contributed by atoms with E-state index in [1.807, 2.05) is 35.1 Å². The van der Waals surface area contributed by atoms with Crippen molar-refractivity contribution >= 4 is 11.6 Å². The molecule has 1 atom stereocenters. The Morgan fingerprint density at radius 1 is 1.25 bits per heavy atom. The van der Waals surface area contributed by atoms with Gasteiger partial charge in [0.2, 0.25) is 5.91 Å². The van der Waals surface area contributed by atoms with E-state index in [1.54, 1.807) is 6.20 Å². The lowest BCUT2D eigenvalue weighted by molar-refractivity contribution is -0.117. The zero-order chi connectivity index (χ0) is 16.5. The SMILES string of the molecule is Cc1cncc(CN2CCC(n3cc(N4CCCC4=O)cn3)C2)n1. The summed E-state index contributed by atoms with van der Waals surface area (Å²) < 4.78 is 2.02. The summed E-state index contributed by atoms with van der Waals surface area (Å²) in [6.45, 7) is 5.58. The molecule has 0 radical (unpaired) electrons. The smallest absolute Gasteiger partial charge is 0.227 e. The lowest BCUT2D eigenvalue weighted by atomic mass is 10.3. The molecule has 2 aliphatic heterocycles. The van der Waals surface area contributed by atoms with Crippen molar-refractivity contribution in [2.75, 3.05) is 24.5 Å². The molecule has 126 valence electrons. The maximum Gasteiger partial charge on any atom is 0.227 e. The first kappa shape index (κ1) is 15.3. The van der Waals surface area contributed by atoms with Crippen LogP contribution in [0.4, 0.5) is 5.69 Å². The average molecular weight is 326 g/mol. The van der Waals surface area contributed by atoms with Gasteiger partial charge in [0, 0.05) is 51.2 Å². The van der Waals surface area contributed by atoms with Crippen molar-refractivity contribution in [1.29, 1.82) is 0 Å². The molecule has 4 rings (SSSR count). The Labute approximate surface area is 141 Å². The molecule has 0 spiro atoms. The van der Waals surface area contributed by atoms with Gasteiger partial charge in [0.1, 0.15) is 0 Å². The fraction of sp³-hybridized carbons (Fsp3) is 0.529. The molecule has 2 aromatic rings. The van der Waals surface area contributed by atoms with Crippen molar-refractivity contribution in [3.05, 3.63) is 36.2 Å². The molecule has 2 fully saturated rings. The number of carbonyl (C=O) groups is 1. The third-order valence-corrected chi connectivity index (χ3v) is 4.79. The topological polar surface area (TPSA) is 67.2 Å². The summed E-state index contributed by atoms with van der Waals surface area (Å²) in [5.74, 6) is 0.209. The lowest BCUT2D eigenvalue weighted by Gasteiger charge is -2.16. The maximum absolute atomic E-state index is 11.9. The first-order valence-corrected chi connectivity index (χ1v) is 8.53. The highest BCUT2D eigenvalue weighted by Crippen LogP contribution is 2.26. The molecule has 0 aliphatic carbocycles. The number of aryl methyl sites for hydroxylation is 1. The summed E-state index contributed by atoms with van der Waals surface area (Å²) in [6, 6.07) is 0.356. The molecule has 2 aromatic heterocycles. The summed E-state index contributed by atoms with van der Waals surface area (Å²) >= 11 is 0. The van der Waals surface area contributed by atoms with Crippen molar-refractivity contribution in [2.24, 2.45) is 0 Å². The van der Waals surface area contributed by atoms with Crippen LogP contribution in [-0.2, 0) is 11.3 Å². The number of hydrogen-bond donors (Lipinski definition) is 0. The molecule has 7 nitrogen and oxygen atoms in total. The minimum Gasteiger partial charge on any atom is -0.309 e. The Kier molecular flexibility index (Phi) is 4.02. The van der Waals surface area contributed by atoms with Gasteiger partial charge in [0.15, 0.2) is 0 Å². The number of aromatic nitrogens is 4. The van der Waals surface area contributed by atoms with Crippen LogP contribution in [0, 0.1) is 6.92 Å². The average Bonchev–Trinajstić information content (AvgIpc) is 3.27. The van der Waals surface area contributed by atoms with Crippen molar-refractivity contribution in [2.45, 2.75) is 38.8 Å². The number of nitrogens with zero attached hydrogens (tertiary/aromatic N) is 6. The summed E-state index contributed by atoms with van der Waals surface area (Å²) in [4.78, 5) is 24.8. The lowest BCUT2D eigenvalue weighted by Crippen LogP contribution is -2.23. The molecule has 0 aromatic carbocycles. The maximum atomic E-state index is 11.9. The standard InChI is InChI=1S/C17H22N6O/c1-13-7-18-8-14(20-13)10-21-6-4-15(11-21)23-12-16(9-19-23)22-5-2-3-17(22)24/h7-9,12,15H,2-6,10-11H2,1H3. The fourth-order valence-electron chi connectivity index (χ4n) is 3.58. The van der Waals surface area contributed by atoms with E-state index in [0.29, 0.717) is 12.5 Å². The second-order valence-corrected chi connectivity index (χ2v) is 6.66. The van der Waals surface area contributed by atoms with Crippen LogP contribution in [0.1, 0.15) is 36.7 Å². The Bertz CT molecular complexity index is 742. The quantitative estimate of drug-likeness (QED) is 0.853. The number of amides is 1. The van der Waals surface area contributed by atoms with Crippen LogP contribution in [0.15, 0.2) is 24.8 Å². The minimum atomic E-state index is 0.209. The minimum absolute atomic E-state index is 0.209. The summed E-state index contributed by atoms with van der Waals surface area (Å²) in [5.41, 5.74) is 2.90. The fourth-order valence-corrected chi connectivity index (χ4v) is 3.58. The molecule has 0 saturated carbocycles. The summed E-state index contributed by atoms with van der Waals surface area (Å²) in [6.07, 6.45) is 10.1. The number of likely N-dealkylation sites (tertiary alicyclic amines) is 1. The Balaban J connectivity index is 1.40. The highest BCUT2D eigenvalue weighted by atomic mass is 16.2. The van der Waals surface area contributed by atoms with Crippen LogP contribution >= 0.6 is 0 Å². The van der Waals surface area contributed by atoms with Crippen molar-refractivity contribution < 1.29 is 4.79 Å². The van der Waals surface area contributed by atoms with E-state index in [9.17, 15) is 4.79 Å². The number of carbonyl (C=O) groups excluding carboxylic acids is 1. The second-order valence-electron chi connectivity index (χ2n) is 6.66. The van der Waals surface area contributed by atoms with Gasteiger partial charge < -0.3 is 4.90 Å². The highest BCUT2D eigenvalue weighted by molar-refractivity contribution is 5.95. The molecule has 2 aliphatic rings. The van der Waals surface area contributed by atoms with Crippen LogP contribution in [0.3, 0.4) is 0 Å². The largest absolute Gasteiger partial charge is 0.309 e. The van der Waals surface area contributed by atoms with Gasteiger partial charge in [-0.15, -0.1) is 0 Å². The van der Waals surface area contributed by atoms with E-state index in [4.69, 9.17) is 0 Å². The normalized spacial score (nSPS) is 21.8. The number of rotatable bonds is 4. The van der Waals surface area contributed by atoms with E-state index in [0.717, 1.165) is 56.1 Å². The van der Waals surface area contributed by atoms with Crippen LogP contribution < -0.4 is 4.90 Å². The van der Waals surface area contributed by atoms with Crippen LogP contribution in [-0.4, -0.2) is 50.2 Å². The van der Waals surface area contributed by atoms with E-state index >= 15 is 0 Å². The van der Waals surface area contributed by atoms with E-state index < -0.39 is 0 Å². The zero-order valence-electron chi connectivity index (χ0n) is 13.9. The third kappa shape index (κ3) is 3.03. The van der Waals surface area contributed by atoms with E-state index in [2.05, 4.69) is 20.0 Å². The molecular formula is C17H22N6O. The Morgan fingerprint density at radius 3 is 2.96 bits per heavy atom. The third-order valence-electron chi connectivity index (χ3n) is 4.79. The van der Waals surface area contributed by atoms with Gasteiger partial charge in [0.25, 0.3) is 0 Å². The summed E-state index contributed by atoms with van der Waals surface area (Å²) in [7, 11) is 0.